The number of rotatable bonds is 7. The van der Waals surface area contributed by atoms with Crippen LogP contribution in [-0.4, -0.2) is 75.3 Å². The molecule has 10 heteroatoms. The highest BCUT2D eigenvalue weighted by Crippen LogP contribution is 2.24. The number of carbonyl (C=O) groups excluding carboxylic acids is 1. The van der Waals surface area contributed by atoms with Gasteiger partial charge in [-0.3, -0.25) is 4.40 Å². The second kappa shape index (κ2) is 10.5. The van der Waals surface area contributed by atoms with Crippen molar-refractivity contribution in [3.63, 3.8) is 0 Å². The van der Waals surface area contributed by atoms with Gasteiger partial charge in [0.2, 0.25) is 0 Å². The number of aryl methyl sites for hydroxylation is 1. The first kappa shape index (κ1) is 24.7. The number of piperidine rings is 1. The first-order chi connectivity index (χ1) is 16.7. The van der Waals surface area contributed by atoms with Crippen LogP contribution in [0.1, 0.15) is 39.2 Å². The molecular formula is C25H35N7O3. The van der Waals surface area contributed by atoms with Crippen LogP contribution in [0.5, 0.6) is 0 Å². The van der Waals surface area contributed by atoms with E-state index in [-0.39, 0.29) is 12.1 Å². The van der Waals surface area contributed by atoms with Gasteiger partial charge in [0.15, 0.2) is 5.82 Å². The Morgan fingerprint density at radius 2 is 2.03 bits per heavy atom. The molecule has 4 rings (SSSR count). The maximum absolute atomic E-state index is 12.6. The van der Waals surface area contributed by atoms with E-state index in [2.05, 4.69) is 15.6 Å². The fraction of sp³-hybridized carbons (Fsp3) is 0.520. The number of amides is 1. The second-order valence-corrected chi connectivity index (χ2v) is 9.87. The summed E-state index contributed by atoms with van der Waals surface area (Å²) in [5.41, 5.74) is 2.24. The smallest absolute Gasteiger partial charge is 0.410 e. The Kier molecular flexibility index (Phi) is 7.39. The molecule has 1 saturated heterocycles. The van der Waals surface area contributed by atoms with Gasteiger partial charge in [0.05, 0.1) is 12.8 Å². The summed E-state index contributed by atoms with van der Waals surface area (Å²) in [4.78, 5) is 28.4. The van der Waals surface area contributed by atoms with Gasteiger partial charge in [-0.15, -0.1) is 0 Å². The normalized spacial score (nSPS) is 16.4. The number of aromatic nitrogens is 4. The molecule has 1 aliphatic rings. The van der Waals surface area contributed by atoms with Gasteiger partial charge in [-0.25, -0.2) is 19.7 Å². The van der Waals surface area contributed by atoms with E-state index in [9.17, 15) is 4.79 Å². The van der Waals surface area contributed by atoms with Crippen LogP contribution in [0.25, 0.3) is 17.2 Å². The SMILES string of the molecule is COCCNc1cc(N[C@@H]2CCCN(C(=O)OC(C)(C)C)C2)nc(-c2cnc3ccc(C)cn23)n1. The van der Waals surface area contributed by atoms with Crippen LogP contribution < -0.4 is 10.6 Å². The lowest BCUT2D eigenvalue weighted by molar-refractivity contribution is 0.0206. The molecule has 1 atom stereocenters. The number of likely N-dealkylation sites (tertiary alicyclic amines) is 1. The third-order valence-corrected chi connectivity index (χ3v) is 5.65. The van der Waals surface area contributed by atoms with Crippen molar-refractivity contribution in [3.05, 3.63) is 36.2 Å². The average molecular weight is 482 g/mol. The molecule has 0 aliphatic carbocycles. The molecule has 3 aromatic heterocycles. The summed E-state index contributed by atoms with van der Waals surface area (Å²) in [7, 11) is 1.67. The van der Waals surface area contributed by atoms with E-state index in [1.54, 1.807) is 18.2 Å². The molecule has 3 aromatic rings. The average Bonchev–Trinajstić information content (AvgIpc) is 3.21. The van der Waals surface area contributed by atoms with Gasteiger partial charge in [0, 0.05) is 45.0 Å². The van der Waals surface area contributed by atoms with Crippen molar-refractivity contribution in [2.75, 3.05) is 44.0 Å². The van der Waals surface area contributed by atoms with Gasteiger partial charge >= 0.3 is 6.09 Å². The molecule has 1 amide bonds. The maximum atomic E-state index is 12.6. The first-order valence-corrected chi connectivity index (χ1v) is 12.0. The number of anilines is 2. The highest BCUT2D eigenvalue weighted by molar-refractivity contribution is 5.68. The predicted molar refractivity (Wildman–Crippen MR) is 136 cm³/mol. The second-order valence-electron chi connectivity index (χ2n) is 9.87. The lowest BCUT2D eigenvalue weighted by atomic mass is 10.1. The van der Waals surface area contributed by atoms with E-state index >= 15 is 0 Å². The minimum atomic E-state index is -0.520. The number of nitrogens with one attached hydrogen (secondary N) is 2. The van der Waals surface area contributed by atoms with E-state index in [0.29, 0.717) is 43.7 Å². The van der Waals surface area contributed by atoms with Crippen molar-refractivity contribution < 1.29 is 14.3 Å². The lowest BCUT2D eigenvalue weighted by Gasteiger charge is -2.34. The molecule has 1 aliphatic heterocycles. The number of pyridine rings is 1. The molecule has 10 nitrogen and oxygen atoms in total. The van der Waals surface area contributed by atoms with Crippen molar-refractivity contribution in [2.45, 2.75) is 52.2 Å². The van der Waals surface area contributed by atoms with Crippen molar-refractivity contribution >= 4 is 23.4 Å². The summed E-state index contributed by atoms with van der Waals surface area (Å²) in [6.45, 7) is 10.1. The van der Waals surface area contributed by atoms with Crippen molar-refractivity contribution in [1.82, 2.24) is 24.3 Å². The minimum absolute atomic E-state index is 0.0512. The number of fused-ring (bicyclic) bond motifs is 1. The molecule has 4 heterocycles. The number of imidazole rings is 1. The molecule has 188 valence electrons. The van der Waals surface area contributed by atoms with Crippen LogP contribution in [0.3, 0.4) is 0 Å². The number of ether oxygens (including phenoxy) is 2. The Labute approximate surface area is 206 Å². The van der Waals surface area contributed by atoms with Crippen molar-refractivity contribution in [2.24, 2.45) is 0 Å². The largest absolute Gasteiger partial charge is 0.444 e. The van der Waals surface area contributed by atoms with Crippen LogP contribution in [0.15, 0.2) is 30.6 Å². The molecule has 0 unspecified atom stereocenters. The first-order valence-electron chi connectivity index (χ1n) is 12.0. The third kappa shape index (κ3) is 6.39. The zero-order valence-corrected chi connectivity index (χ0v) is 21.2. The highest BCUT2D eigenvalue weighted by atomic mass is 16.6. The van der Waals surface area contributed by atoms with Gasteiger partial charge in [-0.2, -0.15) is 0 Å². The van der Waals surface area contributed by atoms with E-state index < -0.39 is 5.60 Å². The topological polar surface area (TPSA) is 106 Å². The van der Waals surface area contributed by atoms with E-state index in [0.717, 1.165) is 29.7 Å². The summed E-state index contributed by atoms with van der Waals surface area (Å²) in [6, 6.07) is 5.95. The maximum Gasteiger partial charge on any atom is 0.410 e. The number of nitrogens with zero attached hydrogens (tertiary/aromatic N) is 5. The zero-order valence-electron chi connectivity index (χ0n) is 21.2. The van der Waals surface area contributed by atoms with Crippen LogP contribution >= 0.6 is 0 Å². The molecular weight excluding hydrogens is 446 g/mol. The van der Waals surface area contributed by atoms with Crippen LogP contribution in [0, 0.1) is 6.92 Å². The van der Waals surface area contributed by atoms with Crippen LogP contribution in [-0.2, 0) is 9.47 Å². The summed E-state index contributed by atoms with van der Waals surface area (Å²) in [6.07, 6.45) is 5.35. The monoisotopic (exact) mass is 481 g/mol. The summed E-state index contributed by atoms with van der Waals surface area (Å²) in [5, 5.41) is 6.83. The van der Waals surface area contributed by atoms with Crippen LogP contribution in [0.2, 0.25) is 0 Å². The lowest BCUT2D eigenvalue weighted by Crippen LogP contribution is -2.47. The molecule has 0 radical (unpaired) electrons. The van der Waals surface area contributed by atoms with E-state index in [1.807, 2.05) is 56.5 Å². The fourth-order valence-corrected chi connectivity index (χ4v) is 4.06. The van der Waals surface area contributed by atoms with Crippen molar-refractivity contribution in [1.29, 1.82) is 0 Å². The van der Waals surface area contributed by atoms with E-state index in [1.165, 1.54) is 0 Å². The molecule has 1 fully saturated rings. The predicted octanol–water partition coefficient (Wildman–Crippen LogP) is 3.97. The van der Waals surface area contributed by atoms with Gasteiger partial charge < -0.3 is 25.0 Å². The Morgan fingerprint density at radius 1 is 1.23 bits per heavy atom. The van der Waals surface area contributed by atoms with Crippen molar-refractivity contribution in [3.8, 4) is 11.5 Å². The molecule has 0 aromatic carbocycles. The third-order valence-electron chi connectivity index (χ3n) is 5.65. The molecule has 2 N–H and O–H groups in total. The fourth-order valence-electron chi connectivity index (χ4n) is 4.06. The number of hydrogen-bond donors (Lipinski definition) is 2. The van der Waals surface area contributed by atoms with Gasteiger partial charge in [0.25, 0.3) is 0 Å². The van der Waals surface area contributed by atoms with Gasteiger partial charge in [0.1, 0.15) is 28.6 Å². The minimum Gasteiger partial charge on any atom is -0.444 e. The molecule has 0 spiro atoms. The number of hydrogen-bond acceptors (Lipinski definition) is 8. The quantitative estimate of drug-likeness (QED) is 0.489. The Morgan fingerprint density at radius 3 is 2.80 bits per heavy atom. The summed E-state index contributed by atoms with van der Waals surface area (Å²) >= 11 is 0. The zero-order chi connectivity index (χ0) is 25.0. The number of methoxy groups -OCH3 is 1. The van der Waals surface area contributed by atoms with Crippen LogP contribution in [0.4, 0.5) is 16.4 Å². The summed E-state index contributed by atoms with van der Waals surface area (Å²) in [5.74, 6) is 1.94. The standard InChI is InChI=1S/C25H35N7O3/c1-17-8-9-22-27-14-19(32(22)15-17)23-29-20(26-10-12-34-5)13-21(30-23)28-18-7-6-11-31(16-18)24(33)35-25(2,3)4/h8-9,13-15,18H,6-7,10-12,16H2,1-5H3,(H2,26,28,29,30)/t18-/m1/s1. The highest BCUT2D eigenvalue weighted by Gasteiger charge is 2.28. The van der Waals surface area contributed by atoms with E-state index in [4.69, 9.17) is 19.4 Å². The molecule has 0 bridgehead atoms. The molecule has 0 saturated carbocycles. The Balaban J connectivity index is 1.58. The van der Waals surface area contributed by atoms with Gasteiger partial charge in [-0.05, 0) is 52.2 Å². The molecule has 35 heavy (non-hydrogen) atoms. The van der Waals surface area contributed by atoms with Gasteiger partial charge in [-0.1, -0.05) is 6.07 Å². The Hall–Kier alpha value is -3.40. The summed E-state index contributed by atoms with van der Waals surface area (Å²) < 4.78 is 12.7. The Bertz CT molecular complexity index is 1170. The number of carbonyl (C=O) groups is 1.